The van der Waals surface area contributed by atoms with E-state index in [4.69, 9.17) is 5.11 Å². The van der Waals surface area contributed by atoms with Crippen LogP contribution in [0.4, 0.5) is 0 Å². The van der Waals surface area contributed by atoms with Gasteiger partial charge in [0.2, 0.25) is 0 Å². The Morgan fingerprint density at radius 2 is 2.24 bits per heavy atom. The van der Waals surface area contributed by atoms with Gasteiger partial charge in [0.25, 0.3) is 0 Å². The topological polar surface area (TPSA) is 67.1 Å². The fourth-order valence-electron chi connectivity index (χ4n) is 2.68. The van der Waals surface area contributed by atoms with Crippen molar-refractivity contribution in [2.24, 2.45) is 0 Å². The highest BCUT2D eigenvalue weighted by atomic mass is 79.9. The third-order valence-corrected chi connectivity index (χ3v) is 4.36. The molecule has 2 N–H and O–H groups in total. The number of hydrogen-bond acceptors (Lipinski definition) is 3. The molecule has 2 heterocycles. The van der Waals surface area contributed by atoms with Crippen LogP contribution in [-0.2, 0) is 24.3 Å². The Labute approximate surface area is 131 Å². The molecule has 0 aliphatic carbocycles. The third-order valence-electron chi connectivity index (χ3n) is 3.67. The fraction of sp³-hybridized carbons (Fsp3) is 0.333. The standard InChI is InChI=1S/C15H16BrN3O2/c16-12-4-2-1-3-10(12)15-11-9-17-7-5-13(11)19(18-15)8-6-14(20)21/h1-4,17H,5-9H2,(H,20,21). The largest absolute Gasteiger partial charge is 0.481 e. The van der Waals surface area contributed by atoms with E-state index in [9.17, 15) is 4.79 Å². The molecule has 0 saturated heterocycles. The molecular weight excluding hydrogens is 334 g/mol. The molecule has 1 aliphatic rings. The zero-order chi connectivity index (χ0) is 14.8. The minimum absolute atomic E-state index is 0.0942. The first-order valence-electron chi connectivity index (χ1n) is 6.93. The maximum Gasteiger partial charge on any atom is 0.305 e. The molecule has 0 fully saturated rings. The average Bonchev–Trinajstić information content (AvgIpc) is 2.84. The number of halogens is 1. The molecule has 0 amide bonds. The number of carbonyl (C=O) groups is 1. The highest BCUT2D eigenvalue weighted by Gasteiger charge is 2.22. The summed E-state index contributed by atoms with van der Waals surface area (Å²) in [7, 11) is 0. The molecule has 0 unspecified atom stereocenters. The number of benzene rings is 1. The van der Waals surface area contributed by atoms with E-state index in [2.05, 4.69) is 26.3 Å². The first-order chi connectivity index (χ1) is 10.2. The van der Waals surface area contributed by atoms with Crippen molar-refractivity contribution in [3.05, 3.63) is 40.0 Å². The summed E-state index contributed by atoms with van der Waals surface area (Å²) in [5, 5.41) is 16.9. The van der Waals surface area contributed by atoms with Crippen molar-refractivity contribution >= 4 is 21.9 Å². The van der Waals surface area contributed by atoms with E-state index in [0.717, 1.165) is 40.9 Å². The van der Waals surface area contributed by atoms with Crippen LogP contribution in [-0.4, -0.2) is 27.4 Å². The van der Waals surface area contributed by atoms with Gasteiger partial charge in [0.1, 0.15) is 0 Å². The van der Waals surface area contributed by atoms with Crippen molar-refractivity contribution in [3.63, 3.8) is 0 Å². The Hall–Kier alpha value is -1.66. The van der Waals surface area contributed by atoms with Gasteiger partial charge in [0, 0.05) is 40.8 Å². The van der Waals surface area contributed by atoms with Crippen molar-refractivity contribution in [1.82, 2.24) is 15.1 Å². The summed E-state index contributed by atoms with van der Waals surface area (Å²) in [4.78, 5) is 10.8. The van der Waals surface area contributed by atoms with Gasteiger partial charge < -0.3 is 10.4 Å². The number of nitrogens with zero attached hydrogens (tertiary/aromatic N) is 2. The lowest BCUT2D eigenvalue weighted by Gasteiger charge is -2.15. The van der Waals surface area contributed by atoms with E-state index in [1.54, 1.807) is 0 Å². The van der Waals surface area contributed by atoms with Gasteiger partial charge in [-0.1, -0.05) is 34.1 Å². The minimum atomic E-state index is -0.796. The van der Waals surface area contributed by atoms with Gasteiger partial charge in [0.05, 0.1) is 18.7 Å². The summed E-state index contributed by atoms with van der Waals surface area (Å²) >= 11 is 3.57. The fourth-order valence-corrected chi connectivity index (χ4v) is 3.15. The van der Waals surface area contributed by atoms with Gasteiger partial charge in [-0.25, -0.2) is 0 Å². The summed E-state index contributed by atoms with van der Waals surface area (Å²) in [5.41, 5.74) is 4.32. The SMILES string of the molecule is O=C(O)CCn1nc(-c2ccccc2Br)c2c1CCNC2. The summed E-state index contributed by atoms with van der Waals surface area (Å²) in [6.07, 6.45) is 0.976. The Bertz CT molecular complexity index is 682. The summed E-state index contributed by atoms with van der Waals surface area (Å²) in [5.74, 6) is -0.796. The lowest BCUT2D eigenvalue weighted by molar-refractivity contribution is -0.137. The van der Waals surface area contributed by atoms with Gasteiger partial charge in [0.15, 0.2) is 0 Å². The Kier molecular flexibility index (Phi) is 4.07. The molecule has 5 nitrogen and oxygen atoms in total. The van der Waals surface area contributed by atoms with E-state index in [0.29, 0.717) is 6.54 Å². The summed E-state index contributed by atoms with van der Waals surface area (Å²) in [6.45, 7) is 2.10. The van der Waals surface area contributed by atoms with Crippen LogP contribution in [0, 0.1) is 0 Å². The number of aliphatic carboxylic acids is 1. The van der Waals surface area contributed by atoms with Crippen LogP contribution in [0.15, 0.2) is 28.7 Å². The molecule has 3 rings (SSSR count). The van der Waals surface area contributed by atoms with E-state index in [1.165, 1.54) is 5.56 Å². The molecule has 2 aromatic rings. The van der Waals surface area contributed by atoms with Gasteiger partial charge in [-0.2, -0.15) is 5.10 Å². The van der Waals surface area contributed by atoms with Crippen LogP contribution in [0.2, 0.25) is 0 Å². The maximum atomic E-state index is 10.8. The molecule has 110 valence electrons. The molecule has 1 aromatic carbocycles. The van der Waals surface area contributed by atoms with Gasteiger partial charge in [-0.3, -0.25) is 9.48 Å². The number of aromatic nitrogens is 2. The molecule has 6 heteroatoms. The summed E-state index contributed by atoms with van der Waals surface area (Å²) < 4.78 is 2.86. The molecule has 0 saturated carbocycles. The average molecular weight is 350 g/mol. The zero-order valence-corrected chi connectivity index (χ0v) is 13.1. The van der Waals surface area contributed by atoms with E-state index >= 15 is 0 Å². The first-order valence-corrected chi connectivity index (χ1v) is 7.72. The predicted octanol–water partition coefficient (Wildman–Crippen LogP) is 2.43. The van der Waals surface area contributed by atoms with E-state index < -0.39 is 5.97 Å². The van der Waals surface area contributed by atoms with E-state index in [-0.39, 0.29) is 6.42 Å². The number of hydrogen-bond donors (Lipinski definition) is 2. The second kappa shape index (κ2) is 5.99. The lowest BCUT2D eigenvalue weighted by Crippen LogP contribution is -2.25. The lowest BCUT2D eigenvalue weighted by atomic mass is 10.0. The minimum Gasteiger partial charge on any atom is -0.481 e. The van der Waals surface area contributed by atoms with Crippen molar-refractivity contribution < 1.29 is 9.90 Å². The summed E-state index contributed by atoms with van der Waals surface area (Å²) in [6, 6.07) is 7.98. The molecule has 1 aromatic heterocycles. The highest BCUT2D eigenvalue weighted by Crippen LogP contribution is 2.32. The maximum absolute atomic E-state index is 10.8. The molecule has 0 spiro atoms. The number of nitrogens with one attached hydrogen (secondary N) is 1. The third kappa shape index (κ3) is 2.87. The highest BCUT2D eigenvalue weighted by molar-refractivity contribution is 9.10. The smallest absolute Gasteiger partial charge is 0.305 e. The number of carboxylic acid groups (broad SMARTS) is 1. The van der Waals surface area contributed by atoms with Crippen LogP contribution in [0.5, 0.6) is 0 Å². The van der Waals surface area contributed by atoms with Gasteiger partial charge in [-0.05, 0) is 6.07 Å². The number of fused-ring (bicyclic) bond motifs is 1. The monoisotopic (exact) mass is 349 g/mol. The van der Waals surface area contributed by atoms with E-state index in [1.807, 2.05) is 28.9 Å². The number of aryl methyl sites for hydroxylation is 1. The quantitative estimate of drug-likeness (QED) is 0.889. The van der Waals surface area contributed by atoms with Gasteiger partial charge >= 0.3 is 5.97 Å². The van der Waals surface area contributed by atoms with Crippen LogP contribution < -0.4 is 5.32 Å². The predicted molar refractivity (Wildman–Crippen MR) is 83.0 cm³/mol. The molecule has 1 aliphatic heterocycles. The molecule has 0 atom stereocenters. The molecule has 0 bridgehead atoms. The Balaban J connectivity index is 2.05. The number of rotatable bonds is 4. The molecule has 0 radical (unpaired) electrons. The van der Waals surface area contributed by atoms with Gasteiger partial charge in [-0.15, -0.1) is 0 Å². The molecule has 21 heavy (non-hydrogen) atoms. The molecular formula is C15H16BrN3O2. The van der Waals surface area contributed by atoms with Crippen LogP contribution in [0.3, 0.4) is 0 Å². The van der Waals surface area contributed by atoms with Crippen molar-refractivity contribution in [2.45, 2.75) is 25.9 Å². The zero-order valence-electron chi connectivity index (χ0n) is 11.5. The van der Waals surface area contributed by atoms with Crippen LogP contribution in [0.1, 0.15) is 17.7 Å². The Morgan fingerprint density at radius 3 is 3.00 bits per heavy atom. The van der Waals surface area contributed by atoms with Crippen molar-refractivity contribution in [2.75, 3.05) is 6.54 Å². The van der Waals surface area contributed by atoms with Crippen molar-refractivity contribution in [3.8, 4) is 11.3 Å². The normalized spacial score (nSPS) is 14.0. The second-order valence-corrected chi connectivity index (χ2v) is 5.90. The van der Waals surface area contributed by atoms with Crippen LogP contribution in [0.25, 0.3) is 11.3 Å². The van der Waals surface area contributed by atoms with Crippen LogP contribution >= 0.6 is 15.9 Å². The van der Waals surface area contributed by atoms with Crippen molar-refractivity contribution in [1.29, 1.82) is 0 Å². The first kappa shape index (κ1) is 14.3. The second-order valence-electron chi connectivity index (χ2n) is 5.05. The Morgan fingerprint density at radius 1 is 1.43 bits per heavy atom. The number of carboxylic acids is 1.